The molecule has 0 bridgehead atoms. The van der Waals surface area contributed by atoms with Crippen LogP contribution in [0.15, 0.2) is 42.5 Å². The van der Waals surface area contributed by atoms with Crippen molar-refractivity contribution in [3.63, 3.8) is 0 Å². The zero-order chi connectivity index (χ0) is 15.1. The molecule has 2 nitrogen and oxygen atoms in total. The quantitative estimate of drug-likeness (QED) is 0.623. The summed E-state index contributed by atoms with van der Waals surface area (Å²) in [6.45, 7) is 2.57. The maximum atomic E-state index is 5.86. The summed E-state index contributed by atoms with van der Waals surface area (Å²) < 4.78 is 11.1. The Bertz CT molecular complexity index is 651. The number of ether oxygens (including phenoxy) is 2. The van der Waals surface area contributed by atoms with Gasteiger partial charge in [0.05, 0.1) is 18.6 Å². The van der Waals surface area contributed by atoms with E-state index in [1.165, 1.54) is 5.56 Å². The predicted octanol–water partition coefficient (Wildman–Crippen LogP) is 4.17. The molecule has 0 aliphatic carbocycles. The van der Waals surface area contributed by atoms with Gasteiger partial charge in [-0.2, -0.15) is 0 Å². The lowest BCUT2D eigenvalue weighted by Crippen LogP contribution is -1.98. The van der Waals surface area contributed by atoms with Crippen LogP contribution in [0.5, 0.6) is 11.5 Å². The fraction of sp³-hybridized carbons (Fsp3) is 0.222. The van der Waals surface area contributed by atoms with Crippen molar-refractivity contribution in [2.24, 2.45) is 0 Å². The van der Waals surface area contributed by atoms with Crippen molar-refractivity contribution in [2.75, 3.05) is 13.0 Å². The van der Waals surface area contributed by atoms with Crippen LogP contribution in [0, 0.1) is 18.8 Å². The van der Waals surface area contributed by atoms with E-state index in [2.05, 4.69) is 43.0 Å². The number of alkyl halides is 1. The molecule has 0 saturated carbocycles. The average molecular weight is 301 g/mol. The van der Waals surface area contributed by atoms with Crippen LogP contribution < -0.4 is 9.47 Å². The van der Waals surface area contributed by atoms with Crippen molar-refractivity contribution >= 4 is 11.6 Å². The van der Waals surface area contributed by atoms with Crippen molar-refractivity contribution in [2.45, 2.75) is 13.5 Å². The lowest BCUT2D eigenvalue weighted by atomic mass is 10.1. The van der Waals surface area contributed by atoms with Crippen molar-refractivity contribution < 1.29 is 9.47 Å². The first-order chi connectivity index (χ1) is 10.2. The standard InChI is InChI=1S/C18H17ClO2/c1-14-5-7-15(8-6-14)13-21-18-10-9-17(20-2)12-16(18)4-3-11-19/h5-10,12H,11,13H2,1-2H3. The maximum absolute atomic E-state index is 5.86. The lowest BCUT2D eigenvalue weighted by molar-refractivity contribution is 0.304. The third-order valence-electron chi connectivity index (χ3n) is 2.99. The monoisotopic (exact) mass is 300 g/mol. The highest BCUT2D eigenvalue weighted by Crippen LogP contribution is 2.24. The molecule has 21 heavy (non-hydrogen) atoms. The molecular weight excluding hydrogens is 284 g/mol. The Morgan fingerprint density at radius 1 is 1.10 bits per heavy atom. The fourth-order valence-corrected chi connectivity index (χ4v) is 1.90. The van der Waals surface area contributed by atoms with Gasteiger partial charge in [-0.15, -0.1) is 11.6 Å². The Balaban J connectivity index is 2.16. The van der Waals surface area contributed by atoms with Crippen LogP contribution in [0.2, 0.25) is 0 Å². The van der Waals surface area contributed by atoms with E-state index in [0.717, 1.165) is 22.6 Å². The molecule has 0 amide bonds. The number of hydrogen-bond donors (Lipinski definition) is 0. The summed E-state index contributed by atoms with van der Waals surface area (Å²) in [5, 5.41) is 0. The summed E-state index contributed by atoms with van der Waals surface area (Å²) in [6.07, 6.45) is 0. The van der Waals surface area contributed by atoms with Crippen LogP contribution in [0.3, 0.4) is 0 Å². The Kier molecular flexibility index (Phi) is 5.54. The van der Waals surface area contributed by atoms with Gasteiger partial charge >= 0.3 is 0 Å². The summed E-state index contributed by atoms with van der Waals surface area (Å²) in [6, 6.07) is 13.8. The molecule has 0 aliphatic rings. The SMILES string of the molecule is COc1ccc(OCc2ccc(C)cc2)c(C#CCCl)c1. The minimum absolute atomic E-state index is 0.286. The fourth-order valence-electron chi connectivity index (χ4n) is 1.83. The molecule has 0 heterocycles. The minimum Gasteiger partial charge on any atom is -0.497 e. The average Bonchev–Trinajstić information content (AvgIpc) is 2.52. The van der Waals surface area contributed by atoms with E-state index >= 15 is 0 Å². The number of halogens is 1. The molecule has 2 aromatic carbocycles. The Morgan fingerprint density at radius 2 is 1.86 bits per heavy atom. The van der Waals surface area contributed by atoms with E-state index in [1.807, 2.05) is 18.2 Å². The van der Waals surface area contributed by atoms with Crippen LogP contribution in [-0.2, 0) is 6.61 Å². The topological polar surface area (TPSA) is 18.5 Å². The summed E-state index contributed by atoms with van der Waals surface area (Å²) in [5.41, 5.74) is 3.13. The molecule has 3 heteroatoms. The zero-order valence-electron chi connectivity index (χ0n) is 12.2. The lowest BCUT2D eigenvalue weighted by Gasteiger charge is -2.10. The first-order valence-electron chi connectivity index (χ1n) is 6.64. The van der Waals surface area contributed by atoms with Crippen LogP contribution in [-0.4, -0.2) is 13.0 Å². The second-order valence-electron chi connectivity index (χ2n) is 4.57. The first kappa shape index (κ1) is 15.3. The molecular formula is C18H17ClO2. The number of benzene rings is 2. The van der Waals surface area contributed by atoms with Gasteiger partial charge in [-0.05, 0) is 30.7 Å². The summed E-state index contributed by atoms with van der Waals surface area (Å²) >= 11 is 5.62. The van der Waals surface area contributed by atoms with E-state index in [9.17, 15) is 0 Å². The molecule has 0 atom stereocenters. The van der Waals surface area contributed by atoms with E-state index in [4.69, 9.17) is 21.1 Å². The number of rotatable bonds is 4. The highest BCUT2D eigenvalue weighted by Gasteiger charge is 2.04. The highest BCUT2D eigenvalue weighted by molar-refractivity contribution is 6.19. The molecule has 0 unspecified atom stereocenters. The van der Waals surface area contributed by atoms with Crippen LogP contribution >= 0.6 is 11.6 Å². The van der Waals surface area contributed by atoms with Gasteiger partial charge in [-0.25, -0.2) is 0 Å². The first-order valence-corrected chi connectivity index (χ1v) is 7.17. The normalized spacial score (nSPS) is 9.67. The van der Waals surface area contributed by atoms with Gasteiger partial charge in [0, 0.05) is 0 Å². The molecule has 0 fully saturated rings. The van der Waals surface area contributed by atoms with Gasteiger partial charge in [0.15, 0.2) is 0 Å². The minimum atomic E-state index is 0.286. The van der Waals surface area contributed by atoms with Crippen LogP contribution in [0.25, 0.3) is 0 Å². The molecule has 0 spiro atoms. The predicted molar refractivity (Wildman–Crippen MR) is 86.1 cm³/mol. The maximum Gasteiger partial charge on any atom is 0.135 e. The Morgan fingerprint density at radius 3 is 2.52 bits per heavy atom. The Hall–Kier alpha value is -2.11. The van der Waals surface area contributed by atoms with Gasteiger partial charge in [0.1, 0.15) is 18.1 Å². The molecule has 2 aromatic rings. The number of aryl methyl sites for hydroxylation is 1. The molecule has 108 valence electrons. The summed E-state index contributed by atoms with van der Waals surface area (Å²) in [7, 11) is 1.63. The smallest absolute Gasteiger partial charge is 0.135 e. The zero-order valence-corrected chi connectivity index (χ0v) is 12.9. The Labute approximate surface area is 130 Å². The van der Waals surface area contributed by atoms with E-state index in [0.29, 0.717) is 6.61 Å². The molecule has 0 saturated heterocycles. The van der Waals surface area contributed by atoms with Gasteiger partial charge in [0.25, 0.3) is 0 Å². The second kappa shape index (κ2) is 7.61. The van der Waals surface area contributed by atoms with Crippen LogP contribution in [0.1, 0.15) is 16.7 Å². The second-order valence-corrected chi connectivity index (χ2v) is 4.84. The molecule has 0 aromatic heterocycles. The van der Waals surface area contributed by atoms with E-state index < -0.39 is 0 Å². The highest BCUT2D eigenvalue weighted by atomic mass is 35.5. The van der Waals surface area contributed by atoms with E-state index in [1.54, 1.807) is 7.11 Å². The largest absolute Gasteiger partial charge is 0.497 e. The number of methoxy groups -OCH3 is 1. The van der Waals surface area contributed by atoms with Crippen molar-refractivity contribution in [3.05, 3.63) is 59.2 Å². The molecule has 0 aliphatic heterocycles. The third kappa shape index (κ3) is 4.44. The van der Waals surface area contributed by atoms with Crippen molar-refractivity contribution in [1.82, 2.24) is 0 Å². The van der Waals surface area contributed by atoms with Crippen molar-refractivity contribution in [1.29, 1.82) is 0 Å². The van der Waals surface area contributed by atoms with Gasteiger partial charge in [-0.3, -0.25) is 0 Å². The summed E-state index contributed by atoms with van der Waals surface area (Å²) in [4.78, 5) is 0. The van der Waals surface area contributed by atoms with E-state index in [-0.39, 0.29) is 5.88 Å². The van der Waals surface area contributed by atoms with Gasteiger partial charge < -0.3 is 9.47 Å². The van der Waals surface area contributed by atoms with Crippen LogP contribution in [0.4, 0.5) is 0 Å². The van der Waals surface area contributed by atoms with Crippen molar-refractivity contribution in [3.8, 4) is 23.3 Å². The molecule has 2 rings (SSSR count). The van der Waals surface area contributed by atoms with Gasteiger partial charge in [0.2, 0.25) is 0 Å². The molecule has 0 radical (unpaired) electrons. The third-order valence-corrected chi connectivity index (χ3v) is 3.13. The molecule has 0 N–H and O–H groups in total. The van der Waals surface area contributed by atoms with Gasteiger partial charge in [-0.1, -0.05) is 41.7 Å². The number of hydrogen-bond acceptors (Lipinski definition) is 2. The summed E-state index contributed by atoms with van der Waals surface area (Å²) in [5.74, 6) is 7.60.